The van der Waals surface area contributed by atoms with E-state index in [9.17, 15) is 0 Å². The molecule has 2 aromatic heterocycles. The number of thiophene rings is 1. The van der Waals surface area contributed by atoms with Crippen LogP contribution in [-0.2, 0) is 5.41 Å². The molecule has 0 saturated heterocycles. The van der Waals surface area contributed by atoms with Gasteiger partial charge >= 0.3 is 0 Å². The van der Waals surface area contributed by atoms with Gasteiger partial charge in [0.2, 0.25) is 0 Å². The zero-order chi connectivity index (χ0) is 26.3. The van der Waals surface area contributed by atoms with Crippen LogP contribution in [0.2, 0.25) is 6.04 Å². The molecule has 0 spiro atoms. The summed E-state index contributed by atoms with van der Waals surface area (Å²) in [4.78, 5) is 5.00. The predicted octanol–water partition coefficient (Wildman–Crippen LogP) is 7.90. The first-order valence-corrected chi connectivity index (χ1v) is 16.5. The van der Waals surface area contributed by atoms with Crippen molar-refractivity contribution in [2.24, 2.45) is 0 Å². The van der Waals surface area contributed by atoms with Gasteiger partial charge < -0.3 is 0 Å². The summed E-state index contributed by atoms with van der Waals surface area (Å²) in [5.41, 5.74) is 3.70. The maximum absolute atomic E-state index is 5.00. The molecular weight excluding hydrogens is 495 g/mol. The molecule has 2 heterocycles. The van der Waals surface area contributed by atoms with Crippen LogP contribution in [0.25, 0.3) is 32.1 Å². The second kappa shape index (κ2) is 9.65. The smallest absolute Gasteiger partial charge is 0.160 e. The van der Waals surface area contributed by atoms with Gasteiger partial charge in [-0.15, -0.1) is 11.3 Å². The largest absolute Gasteiger partial charge is 0.255 e. The molecule has 0 unspecified atom stereocenters. The second-order valence-corrected chi connectivity index (χ2v) is 16.8. The highest BCUT2D eigenvalue weighted by atomic mass is 32.1. The van der Waals surface area contributed by atoms with E-state index in [0.29, 0.717) is 0 Å². The lowest BCUT2D eigenvalue weighted by Crippen LogP contribution is -2.65. The van der Waals surface area contributed by atoms with Crippen molar-refractivity contribution >= 4 is 55.1 Å². The summed E-state index contributed by atoms with van der Waals surface area (Å²) in [6.45, 7) is 9.28. The molecule has 188 valence electrons. The topological polar surface area (TPSA) is 12.9 Å². The molecule has 6 aromatic rings. The van der Waals surface area contributed by atoms with Crippen LogP contribution in [0.5, 0.6) is 0 Å². The van der Waals surface area contributed by atoms with Crippen molar-refractivity contribution in [1.29, 1.82) is 0 Å². The van der Waals surface area contributed by atoms with E-state index >= 15 is 0 Å². The molecule has 0 bridgehead atoms. The molecule has 6 rings (SSSR count). The van der Waals surface area contributed by atoms with Gasteiger partial charge in [0.05, 0.1) is 10.4 Å². The molecule has 0 aliphatic heterocycles. The van der Waals surface area contributed by atoms with Crippen molar-refractivity contribution in [2.45, 2.75) is 39.2 Å². The highest BCUT2D eigenvalue weighted by molar-refractivity contribution is 7.36. The summed E-state index contributed by atoms with van der Waals surface area (Å²) in [6.07, 6.45) is 1.99. The van der Waals surface area contributed by atoms with Gasteiger partial charge in [-0.2, -0.15) is 0 Å². The summed E-state index contributed by atoms with van der Waals surface area (Å²) in [7, 11) is -2.20. The van der Waals surface area contributed by atoms with E-state index in [2.05, 4.69) is 137 Å². The normalized spacial score (nSPS) is 12.3. The van der Waals surface area contributed by atoms with Gasteiger partial charge in [-0.25, -0.2) is 0 Å². The Balaban J connectivity index is 1.61. The third-order valence-corrected chi connectivity index (χ3v) is 14.9. The molecule has 3 heteroatoms. The van der Waals surface area contributed by atoms with Gasteiger partial charge in [0.1, 0.15) is 0 Å². The standard InChI is InChI=1S/C35H33NSSi/c1-5-38(28-15-8-6-9-16-28,29-17-10-7-11-18-29)32-24-26-20-21-36-33(34(26)37-32)27-22-25-14-12-13-19-30(25)31(23-27)35(2,3)4/h6-24H,5H2,1-4H3. The third kappa shape index (κ3) is 4.11. The molecule has 38 heavy (non-hydrogen) atoms. The zero-order valence-corrected chi connectivity index (χ0v) is 24.3. The number of hydrogen-bond acceptors (Lipinski definition) is 2. The Kier molecular flexibility index (Phi) is 6.29. The number of nitrogens with zero attached hydrogens (tertiary/aromatic N) is 1. The quantitative estimate of drug-likeness (QED) is 0.208. The van der Waals surface area contributed by atoms with E-state index in [1.54, 1.807) is 0 Å². The van der Waals surface area contributed by atoms with Gasteiger partial charge in [-0.05, 0) is 67.8 Å². The zero-order valence-electron chi connectivity index (χ0n) is 22.5. The maximum Gasteiger partial charge on any atom is 0.160 e. The first-order valence-electron chi connectivity index (χ1n) is 13.5. The van der Waals surface area contributed by atoms with Crippen LogP contribution < -0.4 is 14.9 Å². The number of fused-ring (bicyclic) bond motifs is 2. The summed E-state index contributed by atoms with van der Waals surface area (Å²) < 4.78 is 2.79. The molecular formula is C35H33NSSi. The molecule has 0 aliphatic rings. The van der Waals surface area contributed by atoms with E-state index in [-0.39, 0.29) is 5.41 Å². The number of pyridine rings is 1. The molecule has 0 N–H and O–H groups in total. The molecule has 0 saturated carbocycles. The lowest BCUT2D eigenvalue weighted by Gasteiger charge is -2.31. The Labute approximate surface area is 230 Å². The Hall–Kier alpha value is -3.53. The van der Waals surface area contributed by atoms with Crippen molar-refractivity contribution < 1.29 is 0 Å². The number of aromatic nitrogens is 1. The number of hydrogen-bond donors (Lipinski definition) is 0. The van der Waals surface area contributed by atoms with Crippen molar-refractivity contribution in [3.8, 4) is 11.3 Å². The maximum atomic E-state index is 5.00. The van der Waals surface area contributed by atoms with Gasteiger partial charge in [0.15, 0.2) is 8.07 Å². The molecule has 1 nitrogen and oxygen atoms in total. The minimum Gasteiger partial charge on any atom is -0.255 e. The molecule has 0 radical (unpaired) electrons. The van der Waals surface area contributed by atoms with E-state index in [0.717, 1.165) is 11.7 Å². The van der Waals surface area contributed by atoms with Crippen molar-refractivity contribution in [2.75, 3.05) is 0 Å². The summed E-state index contributed by atoms with van der Waals surface area (Å²) >= 11 is 1.96. The molecule has 0 fully saturated rings. The van der Waals surface area contributed by atoms with Crippen LogP contribution in [0.1, 0.15) is 33.3 Å². The monoisotopic (exact) mass is 527 g/mol. The average molecular weight is 528 g/mol. The van der Waals surface area contributed by atoms with Gasteiger partial charge in [-0.3, -0.25) is 4.98 Å². The second-order valence-electron chi connectivity index (χ2n) is 11.2. The number of benzene rings is 4. The predicted molar refractivity (Wildman–Crippen MR) is 169 cm³/mol. The van der Waals surface area contributed by atoms with Crippen LogP contribution >= 0.6 is 11.3 Å². The van der Waals surface area contributed by atoms with Crippen LogP contribution in [0.3, 0.4) is 0 Å². The van der Waals surface area contributed by atoms with E-state index in [1.807, 2.05) is 17.5 Å². The lowest BCUT2D eigenvalue weighted by molar-refractivity contribution is 0.596. The fraction of sp³-hybridized carbons (Fsp3) is 0.171. The fourth-order valence-electron chi connectivity index (χ4n) is 5.93. The van der Waals surface area contributed by atoms with E-state index < -0.39 is 8.07 Å². The Morgan fingerprint density at radius 1 is 0.711 bits per heavy atom. The molecule has 4 aromatic carbocycles. The average Bonchev–Trinajstić information content (AvgIpc) is 3.39. The van der Waals surface area contributed by atoms with Crippen LogP contribution in [0.4, 0.5) is 0 Å². The molecule has 0 aliphatic carbocycles. The first-order chi connectivity index (χ1) is 18.4. The molecule has 0 atom stereocenters. The van der Waals surface area contributed by atoms with Crippen LogP contribution in [-0.4, -0.2) is 13.1 Å². The lowest BCUT2D eigenvalue weighted by atomic mass is 9.82. The van der Waals surface area contributed by atoms with Gasteiger partial charge in [0, 0.05) is 16.3 Å². The summed E-state index contributed by atoms with van der Waals surface area (Å²) in [6, 6.07) is 41.6. The SMILES string of the molecule is CC[Si](c1ccccc1)(c1ccccc1)c1cc2ccnc(-c3cc(C(C)(C)C)c4ccccc4c3)c2s1. The summed E-state index contributed by atoms with van der Waals surface area (Å²) in [5, 5.41) is 6.83. The number of rotatable bonds is 5. The van der Waals surface area contributed by atoms with E-state index in [4.69, 9.17) is 4.98 Å². The highest BCUT2D eigenvalue weighted by Gasteiger charge is 2.39. The fourth-order valence-corrected chi connectivity index (χ4v) is 13.0. The van der Waals surface area contributed by atoms with Gasteiger partial charge in [0.25, 0.3) is 0 Å². The minimum atomic E-state index is -2.20. The van der Waals surface area contributed by atoms with E-state index in [1.165, 1.54) is 46.9 Å². The third-order valence-electron chi connectivity index (χ3n) is 7.86. The highest BCUT2D eigenvalue weighted by Crippen LogP contribution is 2.37. The van der Waals surface area contributed by atoms with Crippen molar-refractivity contribution in [3.63, 3.8) is 0 Å². The Morgan fingerprint density at radius 2 is 1.34 bits per heavy atom. The first kappa shape index (κ1) is 24.8. The summed E-state index contributed by atoms with van der Waals surface area (Å²) in [5.74, 6) is 0. The minimum absolute atomic E-state index is 0.0367. The Morgan fingerprint density at radius 3 is 1.97 bits per heavy atom. The van der Waals surface area contributed by atoms with Gasteiger partial charge in [-0.1, -0.05) is 113 Å². The Bertz CT molecular complexity index is 1690. The van der Waals surface area contributed by atoms with Crippen molar-refractivity contribution in [3.05, 3.63) is 121 Å². The van der Waals surface area contributed by atoms with Crippen molar-refractivity contribution in [1.82, 2.24) is 4.98 Å². The van der Waals surface area contributed by atoms with Crippen LogP contribution in [0.15, 0.2) is 115 Å². The van der Waals surface area contributed by atoms with Crippen LogP contribution in [0, 0.1) is 0 Å². The molecule has 0 amide bonds.